The second-order valence-electron chi connectivity index (χ2n) is 5.33. The van der Waals surface area contributed by atoms with Crippen LogP contribution >= 0.6 is 11.8 Å². The maximum Gasteiger partial charge on any atom is 0.307 e. The number of amides is 1. The molecule has 2 rings (SSSR count). The van der Waals surface area contributed by atoms with Crippen LogP contribution in [-0.2, 0) is 14.3 Å². The summed E-state index contributed by atoms with van der Waals surface area (Å²) in [7, 11) is 1.33. The van der Waals surface area contributed by atoms with Crippen molar-refractivity contribution in [2.75, 3.05) is 19.4 Å². The summed E-state index contributed by atoms with van der Waals surface area (Å²) in [6, 6.07) is 6.23. The number of nitrogens with zero attached hydrogens (tertiary/aromatic N) is 2. The van der Waals surface area contributed by atoms with Gasteiger partial charge in [-0.05, 0) is 31.0 Å². The molecule has 1 aromatic heterocycles. The second-order valence-corrected chi connectivity index (χ2v) is 6.28. The van der Waals surface area contributed by atoms with E-state index < -0.39 is 0 Å². The number of carbonyl (C=O) groups is 2. The SMILES string of the molecule is COC(=O)CCNC(=O)CSc1nccn1-c1cc(C)ccc1C. The molecule has 1 aromatic carbocycles. The zero-order chi connectivity index (χ0) is 17.5. The first-order valence-corrected chi connectivity index (χ1v) is 8.57. The summed E-state index contributed by atoms with van der Waals surface area (Å²) in [5, 5.41) is 3.45. The van der Waals surface area contributed by atoms with Crippen LogP contribution in [0.15, 0.2) is 35.7 Å². The molecule has 0 fully saturated rings. The largest absolute Gasteiger partial charge is 0.469 e. The minimum absolute atomic E-state index is 0.139. The van der Waals surface area contributed by atoms with Gasteiger partial charge in [0, 0.05) is 18.9 Å². The Bertz CT molecular complexity index is 728. The van der Waals surface area contributed by atoms with Gasteiger partial charge >= 0.3 is 5.97 Å². The van der Waals surface area contributed by atoms with Crippen molar-refractivity contribution < 1.29 is 14.3 Å². The fraction of sp³-hybridized carbons (Fsp3) is 0.353. The molecule has 0 spiro atoms. The highest BCUT2D eigenvalue weighted by Crippen LogP contribution is 2.23. The summed E-state index contributed by atoms with van der Waals surface area (Å²) in [6.45, 7) is 4.36. The first kappa shape index (κ1) is 18.1. The topological polar surface area (TPSA) is 73.2 Å². The van der Waals surface area contributed by atoms with Crippen molar-refractivity contribution in [3.63, 3.8) is 0 Å². The third kappa shape index (κ3) is 4.86. The molecule has 2 aromatic rings. The number of imidazole rings is 1. The van der Waals surface area contributed by atoms with E-state index >= 15 is 0 Å². The Morgan fingerprint density at radius 3 is 2.88 bits per heavy atom. The van der Waals surface area contributed by atoms with Crippen LogP contribution in [0.4, 0.5) is 0 Å². The molecule has 0 unspecified atom stereocenters. The van der Waals surface area contributed by atoms with Crippen molar-refractivity contribution in [3.05, 3.63) is 41.7 Å². The fourth-order valence-electron chi connectivity index (χ4n) is 2.15. The third-order valence-corrected chi connectivity index (χ3v) is 4.41. The second kappa shape index (κ2) is 8.54. The van der Waals surface area contributed by atoms with Crippen molar-refractivity contribution >= 4 is 23.6 Å². The quantitative estimate of drug-likeness (QED) is 0.614. The van der Waals surface area contributed by atoms with Crippen LogP contribution in [-0.4, -0.2) is 40.8 Å². The summed E-state index contributed by atoms with van der Waals surface area (Å²) >= 11 is 1.36. The predicted molar refractivity (Wildman–Crippen MR) is 93.4 cm³/mol. The van der Waals surface area contributed by atoms with Gasteiger partial charge < -0.3 is 10.1 Å². The number of carbonyl (C=O) groups excluding carboxylic acids is 2. The molecule has 6 nitrogen and oxygen atoms in total. The molecule has 1 amide bonds. The van der Waals surface area contributed by atoms with Gasteiger partial charge in [0.05, 0.1) is 25.0 Å². The molecule has 24 heavy (non-hydrogen) atoms. The summed E-state index contributed by atoms with van der Waals surface area (Å²) in [5.74, 6) is -0.240. The summed E-state index contributed by atoms with van der Waals surface area (Å²) in [6.07, 6.45) is 3.78. The van der Waals surface area contributed by atoms with E-state index in [9.17, 15) is 9.59 Å². The monoisotopic (exact) mass is 347 g/mol. The summed E-state index contributed by atoms with van der Waals surface area (Å²) in [5.41, 5.74) is 3.37. The standard InChI is InChI=1S/C17H21N3O3S/c1-12-4-5-13(2)14(10-12)20-9-8-19-17(20)24-11-15(21)18-7-6-16(22)23-3/h4-5,8-10H,6-7,11H2,1-3H3,(H,18,21). The van der Waals surface area contributed by atoms with E-state index in [2.05, 4.69) is 33.2 Å². The number of nitrogens with one attached hydrogen (secondary N) is 1. The minimum Gasteiger partial charge on any atom is -0.469 e. The zero-order valence-electron chi connectivity index (χ0n) is 14.0. The highest BCUT2D eigenvalue weighted by Gasteiger charge is 2.11. The van der Waals surface area contributed by atoms with Crippen molar-refractivity contribution in [3.8, 4) is 5.69 Å². The molecule has 0 aliphatic heterocycles. The number of benzene rings is 1. The Hall–Kier alpha value is -2.28. The number of aryl methyl sites for hydroxylation is 2. The van der Waals surface area contributed by atoms with Gasteiger partial charge in [-0.3, -0.25) is 14.2 Å². The first-order chi connectivity index (χ1) is 11.5. The number of esters is 1. The lowest BCUT2D eigenvalue weighted by atomic mass is 10.1. The number of ether oxygens (including phenoxy) is 1. The Morgan fingerprint density at radius 1 is 1.33 bits per heavy atom. The van der Waals surface area contributed by atoms with Crippen LogP contribution in [0.5, 0.6) is 0 Å². The zero-order valence-corrected chi connectivity index (χ0v) is 14.9. The van der Waals surface area contributed by atoms with E-state index in [-0.39, 0.29) is 30.6 Å². The van der Waals surface area contributed by atoms with Crippen LogP contribution in [0.3, 0.4) is 0 Å². The molecule has 7 heteroatoms. The van der Waals surface area contributed by atoms with Gasteiger partial charge in [0.2, 0.25) is 5.91 Å². The third-order valence-electron chi connectivity index (χ3n) is 3.44. The van der Waals surface area contributed by atoms with Gasteiger partial charge in [-0.2, -0.15) is 0 Å². The number of rotatable bonds is 7. The number of aromatic nitrogens is 2. The number of thioether (sulfide) groups is 1. The van der Waals surface area contributed by atoms with Gasteiger partial charge in [0.25, 0.3) is 0 Å². The van der Waals surface area contributed by atoms with Gasteiger partial charge in [-0.1, -0.05) is 23.9 Å². The van der Waals surface area contributed by atoms with Crippen LogP contribution in [0, 0.1) is 13.8 Å². The number of hydrogen-bond donors (Lipinski definition) is 1. The molecule has 0 saturated carbocycles. The maximum atomic E-state index is 11.9. The fourth-order valence-corrected chi connectivity index (χ4v) is 2.94. The highest BCUT2D eigenvalue weighted by molar-refractivity contribution is 7.99. The lowest BCUT2D eigenvalue weighted by Crippen LogP contribution is -2.27. The normalized spacial score (nSPS) is 10.5. The van der Waals surface area contributed by atoms with Crippen LogP contribution in [0.2, 0.25) is 0 Å². The predicted octanol–water partition coefficient (Wildman–Crippen LogP) is 2.26. The van der Waals surface area contributed by atoms with Crippen molar-refractivity contribution in [1.82, 2.24) is 14.9 Å². The molecule has 0 radical (unpaired) electrons. The average molecular weight is 347 g/mol. The molecule has 1 N–H and O–H groups in total. The van der Waals surface area contributed by atoms with E-state index in [1.54, 1.807) is 6.20 Å². The van der Waals surface area contributed by atoms with E-state index in [1.807, 2.05) is 24.6 Å². The van der Waals surface area contributed by atoms with Gasteiger partial charge in [-0.15, -0.1) is 0 Å². The molecular formula is C17H21N3O3S. The van der Waals surface area contributed by atoms with E-state index in [4.69, 9.17) is 0 Å². The van der Waals surface area contributed by atoms with E-state index in [0.717, 1.165) is 16.4 Å². The first-order valence-electron chi connectivity index (χ1n) is 7.58. The maximum absolute atomic E-state index is 11.9. The molecular weight excluding hydrogens is 326 g/mol. The van der Waals surface area contributed by atoms with Gasteiger partial charge in [-0.25, -0.2) is 4.98 Å². The molecule has 0 aliphatic carbocycles. The lowest BCUT2D eigenvalue weighted by Gasteiger charge is -2.11. The van der Waals surface area contributed by atoms with Crippen molar-refractivity contribution in [2.24, 2.45) is 0 Å². The summed E-state index contributed by atoms with van der Waals surface area (Å²) < 4.78 is 6.51. The Kier molecular flexibility index (Phi) is 6.43. The molecule has 0 atom stereocenters. The Balaban J connectivity index is 1.95. The lowest BCUT2D eigenvalue weighted by molar-refractivity contribution is -0.140. The smallest absolute Gasteiger partial charge is 0.307 e. The van der Waals surface area contributed by atoms with E-state index in [0.29, 0.717) is 0 Å². The molecule has 128 valence electrons. The van der Waals surface area contributed by atoms with Gasteiger partial charge in [0.15, 0.2) is 5.16 Å². The van der Waals surface area contributed by atoms with E-state index in [1.165, 1.54) is 24.4 Å². The van der Waals surface area contributed by atoms with Gasteiger partial charge in [0.1, 0.15) is 0 Å². The van der Waals surface area contributed by atoms with Crippen LogP contribution < -0.4 is 5.32 Å². The Morgan fingerprint density at radius 2 is 2.12 bits per heavy atom. The van der Waals surface area contributed by atoms with Crippen molar-refractivity contribution in [1.29, 1.82) is 0 Å². The molecule has 0 bridgehead atoms. The number of hydrogen-bond acceptors (Lipinski definition) is 5. The van der Waals surface area contributed by atoms with Crippen molar-refractivity contribution in [2.45, 2.75) is 25.4 Å². The molecule has 1 heterocycles. The highest BCUT2D eigenvalue weighted by atomic mass is 32.2. The summed E-state index contributed by atoms with van der Waals surface area (Å²) in [4.78, 5) is 27.2. The molecule has 0 aliphatic rings. The van der Waals surface area contributed by atoms with Crippen LogP contribution in [0.1, 0.15) is 17.5 Å². The number of methoxy groups -OCH3 is 1. The Labute approximate surface area is 145 Å². The van der Waals surface area contributed by atoms with Crippen LogP contribution in [0.25, 0.3) is 5.69 Å². The average Bonchev–Trinajstić information content (AvgIpc) is 3.03. The molecule has 0 saturated heterocycles. The minimum atomic E-state index is -0.339.